The summed E-state index contributed by atoms with van der Waals surface area (Å²) in [6, 6.07) is 5.00. The summed E-state index contributed by atoms with van der Waals surface area (Å²) in [7, 11) is 1.48. The maximum atomic E-state index is 14.4. The molecule has 0 saturated carbocycles. The highest BCUT2D eigenvalue weighted by Crippen LogP contribution is 2.25. The minimum absolute atomic E-state index is 0.0620. The Kier molecular flexibility index (Phi) is 4.98. The van der Waals surface area contributed by atoms with Crippen molar-refractivity contribution in [3.8, 4) is 0 Å². The molecule has 9 heteroatoms. The van der Waals surface area contributed by atoms with Crippen LogP contribution < -0.4 is 10.9 Å². The molecule has 1 aliphatic heterocycles. The number of nitrogens with one attached hydrogen (secondary N) is 2. The average Bonchev–Trinajstić information content (AvgIpc) is 3.09. The molecule has 1 amide bonds. The van der Waals surface area contributed by atoms with Crippen LogP contribution in [0.1, 0.15) is 33.7 Å². The summed E-state index contributed by atoms with van der Waals surface area (Å²) in [6.07, 6.45) is 4.36. The van der Waals surface area contributed by atoms with Gasteiger partial charge >= 0.3 is 0 Å². The van der Waals surface area contributed by atoms with Crippen molar-refractivity contribution in [1.29, 1.82) is 0 Å². The van der Waals surface area contributed by atoms with Gasteiger partial charge < -0.3 is 10.3 Å². The Labute approximate surface area is 166 Å². The Morgan fingerprint density at radius 3 is 2.90 bits per heavy atom. The fraction of sp³-hybridized carbons (Fsp3) is 0.300. The minimum Gasteiger partial charge on any atom is -0.354 e. The molecule has 0 spiro atoms. The van der Waals surface area contributed by atoms with E-state index < -0.39 is 11.9 Å². The molecule has 0 radical (unpaired) electrons. The monoisotopic (exact) mass is 396 g/mol. The molecular weight excluding hydrogens is 375 g/mol. The van der Waals surface area contributed by atoms with E-state index in [1.807, 2.05) is 12.1 Å². The highest BCUT2D eigenvalue weighted by molar-refractivity contribution is 5.92. The molecule has 0 aliphatic carbocycles. The Hall–Kier alpha value is -3.33. The third kappa shape index (κ3) is 3.81. The largest absolute Gasteiger partial charge is 0.354 e. The molecule has 2 N–H and O–H groups in total. The fourth-order valence-electron chi connectivity index (χ4n) is 3.43. The van der Waals surface area contributed by atoms with Crippen LogP contribution >= 0.6 is 0 Å². The SMILES string of the molecule is CNC(=O)c1ccc(C2=CCN(Cc3cc4[nH]c(=O)c(C)cn4n3)CC2)c(F)n1. The molecule has 150 valence electrons. The first-order valence-electron chi connectivity index (χ1n) is 9.33. The van der Waals surface area contributed by atoms with Gasteiger partial charge in [-0.25, -0.2) is 9.50 Å². The lowest BCUT2D eigenvalue weighted by atomic mass is 10.00. The molecule has 8 nitrogen and oxygen atoms in total. The number of hydrogen-bond acceptors (Lipinski definition) is 5. The third-order valence-electron chi connectivity index (χ3n) is 5.04. The van der Waals surface area contributed by atoms with Crippen LogP contribution in [-0.4, -0.2) is 50.5 Å². The number of carbonyl (C=O) groups is 1. The predicted molar refractivity (Wildman–Crippen MR) is 106 cm³/mol. The number of hydrogen-bond donors (Lipinski definition) is 2. The minimum atomic E-state index is -0.634. The van der Waals surface area contributed by atoms with E-state index in [0.717, 1.165) is 17.8 Å². The molecule has 3 aromatic rings. The summed E-state index contributed by atoms with van der Waals surface area (Å²) in [5.41, 5.74) is 3.37. The number of rotatable bonds is 4. The summed E-state index contributed by atoms with van der Waals surface area (Å²) in [6.45, 7) is 3.76. The van der Waals surface area contributed by atoms with Gasteiger partial charge in [0, 0.05) is 50.1 Å². The molecule has 29 heavy (non-hydrogen) atoms. The number of nitrogens with zero attached hydrogens (tertiary/aromatic N) is 4. The summed E-state index contributed by atoms with van der Waals surface area (Å²) in [5, 5.41) is 6.95. The van der Waals surface area contributed by atoms with Crippen LogP contribution in [0.15, 0.2) is 35.3 Å². The zero-order valence-corrected chi connectivity index (χ0v) is 16.2. The number of carbonyl (C=O) groups excluding carboxylic acids is 1. The van der Waals surface area contributed by atoms with Crippen molar-refractivity contribution in [1.82, 2.24) is 29.8 Å². The Bertz CT molecular complexity index is 1180. The Balaban J connectivity index is 1.47. The molecule has 0 aromatic carbocycles. The quantitative estimate of drug-likeness (QED) is 0.652. The summed E-state index contributed by atoms with van der Waals surface area (Å²) in [4.78, 5) is 32.1. The molecule has 0 fully saturated rings. The zero-order chi connectivity index (χ0) is 20.5. The normalized spacial score (nSPS) is 14.8. The van der Waals surface area contributed by atoms with Crippen molar-refractivity contribution >= 4 is 17.1 Å². The van der Waals surface area contributed by atoms with Crippen LogP contribution in [0.5, 0.6) is 0 Å². The van der Waals surface area contributed by atoms with Gasteiger partial charge in [0.25, 0.3) is 11.5 Å². The second-order valence-corrected chi connectivity index (χ2v) is 7.06. The van der Waals surface area contributed by atoms with Crippen LogP contribution in [0.25, 0.3) is 11.2 Å². The standard InChI is InChI=1S/C20H21FN6O2/c1-12-10-27-17(24-19(12)28)9-14(25-27)11-26-7-5-13(6-8-26)15-3-4-16(20(29)22-2)23-18(15)21/h3-5,9-10H,6-8,11H2,1-2H3,(H,22,29)(H,24,28). The van der Waals surface area contributed by atoms with Crippen molar-refractivity contribution in [3.05, 3.63) is 69.3 Å². The fourth-order valence-corrected chi connectivity index (χ4v) is 3.43. The van der Waals surface area contributed by atoms with Crippen LogP contribution in [0.4, 0.5) is 4.39 Å². The van der Waals surface area contributed by atoms with Gasteiger partial charge in [-0.2, -0.15) is 9.49 Å². The molecular formula is C20H21FN6O2. The number of aromatic nitrogens is 4. The topological polar surface area (TPSA) is 95.4 Å². The van der Waals surface area contributed by atoms with Gasteiger partial charge in [-0.05, 0) is 31.1 Å². The summed E-state index contributed by atoms with van der Waals surface area (Å²) in [5.74, 6) is -1.05. The van der Waals surface area contributed by atoms with Crippen LogP contribution in [0.2, 0.25) is 0 Å². The number of amides is 1. The second-order valence-electron chi connectivity index (χ2n) is 7.06. The van der Waals surface area contributed by atoms with E-state index in [0.29, 0.717) is 36.3 Å². The lowest BCUT2D eigenvalue weighted by Gasteiger charge is -2.25. The molecule has 3 aromatic heterocycles. The van der Waals surface area contributed by atoms with Gasteiger partial charge in [0.1, 0.15) is 11.3 Å². The smallest absolute Gasteiger partial charge is 0.269 e. The Morgan fingerprint density at radius 1 is 1.38 bits per heavy atom. The van der Waals surface area contributed by atoms with E-state index in [1.54, 1.807) is 23.7 Å². The van der Waals surface area contributed by atoms with Gasteiger partial charge in [-0.15, -0.1) is 0 Å². The van der Waals surface area contributed by atoms with Gasteiger partial charge in [0.2, 0.25) is 5.95 Å². The molecule has 0 unspecified atom stereocenters. The van der Waals surface area contributed by atoms with Crippen molar-refractivity contribution in [3.63, 3.8) is 0 Å². The van der Waals surface area contributed by atoms with E-state index in [-0.39, 0.29) is 11.3 Å². The molecule has 4 rings (SSSR count). The maximum Gasteiger partial charge on any atom is 0.269 e. The van der Waals surface area contributed by atoms with E-state index in [2.05, 4.69) is 25.3 Å². The van der Waals surface area contributed by atoms with Gasteiger partial charge in [-0.1, -0.05) is 6.08 Å². The lowest BCUT2D eigenvalue weighted by Crippen LogP contribution is -2.28. The summed E-state index contributed by atoms with van der Waals surface area (Å²) >= 11 is 0. The van der Waals surface area contributed by atoms with Crippen molar-refractivity contribution in [2.45, 2.75) is 19.9 Å². The van der Waals surface area contributed by atoms with E-state index in [4.69, 9.17) is 0 Å². The number of H-pyrrole nitrogens is 1. The molecule has 0 bridgehead atoms. The predicted octanol–water partition coefficient (Wildman–Crippen LogP) is 1.51. The number of halogens is 1. The van der Waals surface area contributed by atoms with Crippen molar-refractivity contribution in [2.24, 2.45) is 0 Å². The number of aromatic amines is 1. The Morgan fingerprint density at radius 2 is 2.21 bits per heavy atom. The first-order chi connectivity index (χ1) is 13.9. The third-order valence-corrected chi connectivity index (χ3v) is 5.04. The van der Waals surface area contributed by atoms with Gasteiger partial charge in [0.15, 0.2) is 0 Å². The molecule has 0 saturated heterocycles. The molecule has 4 heterocycles. The van der Waals surface area contributed by atoms with E-state index in [1.165, 1.54) is 13.1 Å². The highest BCUT2D eigenvalue weighted by atomic mass is 19.1. The number of aryl methyl sites for hydroxylation is 1. The molecule has 1 aliphatic rings. The summed E-state index contributed by atoms with van der Waals surface area (Å²) < 4.78 is 16.0. The van der Waals surface area contributed by atoms with Gasteiger partial charge in [-0.3, -0.25) is 14.5 Å². The molecule has 0 atom stereocenters. The van der Waals surface area contributed by atoms with E-state index in [9.17, 15) is 14.0 Å². The second kappa shape index (κ2) is 7.59. The average molecular weight is 396 g/mol. The van der Waals surface area contributed by atoms with E-state index >= 15 is 0 Å². The lowest BCUT2D eigenvalue weighted by molar-refractivity contribution is 0.0957. The number of pyridine rings is 1. The van der Waals surface area contributed by atoms with Crippen LogP contribution in [0, 0.1) is 12.9 Å². The highest BCUT2D eigenvalue weighted by Gasteiger charge is 2.18. The van der Waals surface area contributed by atoms with Crippen molar-refractivity contribution < 1.29 is 9.18 Å². The van der Waals surface area contributed by atoms with Gasteiger partial charge in [0.05, 0.1) is 5.69 Å². The zero-order valence-electron chi connectivity index (χ0n) is 16.2. The van der Waals surface area contributed by atoms with Crippen LogP contribution in [0.3, 0.4) is 0 Å². The first-order valence-corrected chi connectivity index (χ1v) is 9.33. The maximum absolute atomic E-state index is 14.4. The first kappa shape index (κ1) is 19.0. The van der Waals surface area contributed by atoms with Crippen LogP contribution in [-0.2, 0) is 6.54 Å². The number of fused-ring (bicyclic) bond motifs is 1. The van der Waals surface area contributed by atoms with Crippen molar-refractivity contribution in [2.75, 3.05) is 20.1 Å².